The molecule has 0 amide bonds. The molecule has 2 rings (SSSR count). The lowest BCUT2D eigenvalue weighted by atomic mass is 10.1. The minimum atomic E-state index is -0.479. The first kappa shape index (κ1) is 13.0. The van der Waals surface area contributed by atoms with Gasteiger partial charge in [-0.15, -0.1) is 0 Å². The summed E-state index contributed by atoms with van der Waals surface area (Å²) in [6.45, 7) is 4.74. The van der Waals surface area contributed by atoms with Gasteiger partial charge < -0.3 is 14.0 Å². The van der Waals surface area contributed by atoms with E-state index in [1.54, 1.807) is 6.92 Å². The van der Waals surface area contributed by atoms with Crippen molar-refractivity contribution in [2.45, 2.75) is 45.1 Å². The average Bonchev–Trinajstić information content (AvgIpc) is 3.00. The third kappa shape index (κ3) is 2.69. The highest BCUT2D eigenvalue weighted by molar-refractivity contribution is 5.76. The Balaban J connectivity index is 2.09. The largest absolute Gasteiger partial charge is 0.465 e. The first-order valence-corrected chi connectivity index (χ1v) is 6.38. The third-order valence-corrected chi connectivity index (χ3v) is 2.95. The molecule has 2 unspecified atom stereocenters. The predicted molar refractivity (Wildman–Crippen MR) is 61.9 cm³/mol. The Morgan fingerprint density at radius 1 is 1.56 bits per heavy atom. The fourth-order valence-electron chi connectivity index (χ4n) is 1.99. The van der Waals surface area contributed by atoms with Gasteiger partial charge in [0.15, 0.2) is 0 Å². The Morgan fingerprint density at radius 2 is 2.39 bits per heavy atom. The minimum Gasteiger partial charge on any atom is -0.465 e. The maximum absolute atomic E-state index is 11.7. The van der Waals surface area contributed by atoms with E-state index >= 15 is 0 Å². The normalized spacial score (nSPS) is 20.9. The molecule has 1 aliphatic rings. The maximum Gasteiger partial charge on any atom is 0.318 e. The number of ether oxygens (including phenoxy) is 2. The second-order valence-electron chi connectivity index (χ2n) is 4.21. The lowest BCUT2D eigenvalue weighted by molar-refractivity contribution is -0.145. The summed E-state index contributed by atoms with van der Waals surface area (Å²) in [5, 5.41) is 3.89. The van der Waals surface area contributed by atoms with Crippen LogP contribution in [0.1, 0.15) is 56.8 Å². The molecule has 0 bridgehead atoms. The van der Waals surface area contributed by atoms with Crippen LogP contribution in [0.3, 0.4) is 0 Å². The second-order valence-corrected chi connectivity index (χ2v) is 4.21. The Labute approximate surface area is 106 Å². The first-order valence-electron chi connectivity index (χ1n) is 6.38. The monoisotopic (exact) mass is 254 g/mol. The van der Waals surface area contributed by atoms with Gasteiger partial charge in [-0.2, -0.15) is 4.98 Å². The van der Waals surface area contributed by atoms with E-state index in [0.29, 0.717) is 24.7 Å². The molecule has 1 fully saturated rings. The fourth-order valence-corrected chi connectivity index (χ4v) is 1.99. The van der Waals surface area contributed by atoms with Gasteiger partial charge in [0.25, 0.3) is 0 Å². The van der Waals surface area contributed by atoms with Crippen LogP contribution >= 0.6 is 0 Å². The van der Waals surface area contributed by atoms with Crippen molar-refractivity contribution >= 4 is 5.97 Å². The van der Waals surface area contributed by atoms with Crippen LogP contribution in [0.2, 0.25) is 0 Å². The van der Waals surface area contributed by atoms with Gasteiger partial charge in [0.05, 0.1) is 6.61 Å². The van der Waals surface area contributed by atoms with Gasteiger partial charge in [-0.25, -0.2) is 0 Å². The molecule has 1 aromatic rings. The summed E-state index contributed by atoms with van der Waals surface area (Å²) < 4.78 is 15.6. The van der Waals surface area contributed by atoms with Crippen molar-refractivity contribution in [2.24, 2.45) is 0 Å². The van der Waals surface area contributed by atoms with Crippen molar-refractivity contribution < 1.29 is 18.8 Å². The highest BCUT2D eigenvalue weighted by Gasteiger charge is 2.29. The highest BCUT2D eigenvalue weighted by Crippen LogP contribution is 2.28. The zero-order valence-corrected chi connectivity index (χ0v) is 10.7. The highest BCUT2D eigenvalue weighted by atomic mass is 16.5. The summed E-state index contributed by atoms with van der Waals surface area (Å²) in [7, 11) is 0. The topological polar surface area (TPSA) is 74.5 Å². The molecule has 1 aromatic heterocycles. The van der Waals surface area contributed by atoms with Crippen molar-refractivity contribution in [3.8, 4) is 0 Å². The van der Waals surface area contributed by atoms with Crippen LogP contribution < -0.4 is 0 Å². The van der Waals surface area contributed by atoms with Crippen LogP contribution in [0.25, 0.3) is 0 Å². The summed E-state index contributed by atoms with van der Waals surface area (Å²) in [5.74, 6) is 0.0573. The van der Waals surface area contributed by atoms with Crippen LogP contribution in [-0.4, -0.2) is 29.3 Å². The van der Waals surface area contributed by atoms with Crippen molar-refractivity contribution in [3.05, 3.63) is 11.7 Å². The smallest absolute Gasteiger partial charge is 0.318 e. The number of hydrogen-bond donors (Lipinski definition) is 0. The molecule has 2 heterocycles. The van der Waals surface area contributed by atoms with Gasteiger partial charge in [0.1, 0.15) is 12.0 Å². The lowest BCUT2D eigenvalue weighted by Gasteiger charge is -2.08. The molecular weight excluding hydrogens is 236 g/mol. The SMILES string of the molecule is CCOC(=O)C(CC)c1nc(C2CCCO2)no1. The Morgan fingerprint density at radius 3 is 3.00 bits per heavy atom. The van der Waals surface area contributed by atoms with E-state index in [4.69, 9.17) is 14.0 Å². The van der Waals surface area contributed by atoms with E-state index < -0.39 is 5.92 Å². The van der Waals surface area contributed by atoms with Crippen LogP contribution in [0.5, 0.6) is 0 Å². The van der Waals surface area contributed by atoms with Crippen LogP contribution in [0, 0.1) is 0 Å². The molecule has 6 heteroatoms. The number of nitrogens with zero attached hydrogens (tertiary/aromatic N) is 2. The number of carbonyl (C=O) groups is 1. The lowest BCUT2D eigenvalue weighted by Crippen LogP contribution is -2.15. The molecule has 0 spiro atoms. The van der Waals surface area contributed by atoms with E-state index in [2.05, 4.69) is 10.1 Å². The molecular formula is C12H18N2O4. The van der Waals surface area contributed by atoms with Gasteiger partial charge in [0, 0.05) is 6.61 Å². The summed E-state index contributed by atoms with van der Waals surface area (Å²) in [6.07, 6.45) is 2.38. The van der Waals surface area contributed by atoms with E-state index in [9.17, 15) is 4.79 Å². The van der Waals surface area contributed by atoms with E-state index in [-0.39, 0.29) is 12.1 Å². The van der Waals surface area contributed by atoms with Crippen molar-refractivity contribution in [3.63, 3.8) is 0 Å². The van der Waals surface area contributed by atoms with E-state index in [1.807, 2.05) is 6.92 Å². The molecule has 0 saturated carbocycles. The molecule has 1 saturated heterocycles. The number of esters is 1. The predicted octanol–water partition coefficient (Wildman–Crippen LogP) is 1.98. The second kappa shape index (κ2) is 5.95. The number of hydrogen-bond acceptors (Lipinski definition) is 6. The van der Waals surface area contributed by atoms with Crippen LogP contribution in [-0.2, 0) is 14.3 Å². The molecule has 6 nitrogen and oxygen atoms in total. The minimum absolute atomic E-state index is 0.0952. The summed E-state index contributed by atoms with van der Waals surface area (Å²) in [4.78, 5) is 16.0. The van der Waals surface area contributed by atoms with Gasteiger partial charge >= 0.3 is 5.97 Å². The first-order chi connectivity index (χ1) is 8.76. The number of carbonyl (C=O) groups excluding carboxylic acids is 1. The number of aromatic nitrogens is 2. The fraction of sp³-hybridized carbons (Fsp3) is 0.750. The molecule has 2 atom stereocenters. The van der Waals surface area contributed by atoms with E-state index in [1.165, 1.54) is 0 Å². The molecule has 1 aliphatic heterocycles. The zero-order valence-electron chi connectivity index (χ0n) is 10.7. The zero-order chi connectivity index (χ0) is 13.0. The molecule has 0 aromatic carbocycles. The van der Waals surface area contributed by atoms with Crippen LogP contribution in [0.4, 0.5) is 0 Å². The maximum atomic E-state index is 11.7. The molecule has 0 N–H and O–H groups in total. The summed E-state index contributed by atoms with van der Waals surface area (Å²) in [5.41, 5.74) is 0. The van der Waals surface area contributed by atoms with Gasteiger partial charge in [-0.05, 0) is 26.2 Å². The van der Waals surface area contributed by atoms with Crippen molar-refractivity contribution in [2.75, 3.05) is 13.2 Å². The molecule has 18 heavy (non-hydrogen) atoms. The Kier molecular flexibility index (Phi) is 4.30. The summed E-state index contributed by atoms with van der Waals surface area (Å²) in [6, 6.07) is 0. The molecule has 0 radical (unpaired) electrons. The Bertz CT molecular complexity index is 399. The molecule has 100 valence electrons. The van der Waals surface area contributed by atoms with Crippen molar-refractivity contribution in [1.82, 2.24) is 10.1 Å². The number of rotatable bonds is 5. The average molecular weight is 254 g/mol. The summed E-state index contributed by atoms with van der Waals surface area (Å²) >= 11 is 0. The molecule has 0 aliphatic carbocycles. The standard InChI is InChI=1S/C12H18N2O4/c1-3-8(12(15)16-4-2)11-13-10(14-18-11)9-6-5-7-17-9/h8-9H,3-7H2,1-2H3. The van der Waals surface area contributed by atoms with Gasteiger partial charge in [-0.1, -0.05) is 12.1 Å². The van der Waals surface area contributed by atoms with Gasteiger partial charge in [0.2, 0.25) is 11.7 Å². The Hall–Kier alpha value is -1.43. The van der Waals surface area contributed by atoms with E-state index in [0.717, 1.165) is 19.4 Å². The van der Waals surface area contributed by atoms with Gasteiger partial charge in [-0.3, -0.25) is 4.79 Å². The third-order valence-electron chi connectivity index (χ3n) is 2.95. The quantitative estimate of drug-likeness (QED) is 0.748. The van der Waals surface area contributed by atoms with Crippen LogP contribution in [0.15, 0.2) is 4.52 Å². The van der Waals surface area contributed by atoms with Crippen molar-refractivity contribution in [1.29, 1.82) is 0 Å².